The molecule has 2 amide bonds. The van der Waals surface area contributed by atoms with Crippen LogP contribution < -0.4 is 16.4 Å². The summed E-state index contributed by atoms with van der Waals surface area (Å²) in [5, 5.41) is 4.90. The van der Waals surface area contributed by atoms with E-state index < -0.39 is 11.8 Å². The van der Waals surface area contributed by atoms with E-state index >= 15 is 0 Å². The molecule has 1 aromatic carbocycles. The van der Waals surface area contributed by atoms with Gasteiger partial charge in [0, 0.05) is 12.6 Å². The zero-order valence-corrected chi connectivity index (χ0v) is 8.46. The number of hydrogen-bond acceptors (Lipinski definition) is 2. The van der Waals surface area contributed by atoms with Crippen LogP contribution in [0, 0.1) is 5.82 Å². The summed E-state index contributed by atoms with van der Waals surface area (Å²) in [7, 11) is 0. The van der Waals surface area contributed by atoms with E-state index in [0.29, 0.717) is 6.54 Å². The van der Waals surface area contributed by atoms with E-state index in [2.05, 4.69) is 10.6 Å². The van der Waals surface area contributed by atoms with Crippen LogP contribution in [0.3, 0.4) is 0 Å². The lowest BCUT2D eigenvalue weighted by molar-refractivity contribution is 0.251. The molecule has 82 valence electrons. The molecular formula is C10H14FN3O. The topological polar surface area (TPSA) is 67.1 Å². The highest BCUT2D eigenvalue weighted by molar-refractivity contribution is 5.89. The van der Waals surface area contributed by atoms with Crippen molar-refractivity contribution in [2.75, 3.05) is 11.9 Å². The molecule has 0 radical (unpaired) electrons. The first-order valence-corrected chi connectivity index (χ1v) is 4.64. The Morgan fingerprint density at radius 1 is 1.53 bits per heavy atom. The second-order valence-electron chi connectivity index (χ2n) is 3.29. The van der Waals surface area contributed by atoms with Crippen molar-refractivity contribution in [3.05, 3.63) is 30.1 Å². The van der Waals surface area contributed by atoms with Crippen LogP contribution in [0.25, 0.3) is 0 Å². The van der Waals surface area contributed by atoms with Crippen molar-refractivity contribution in [3.63, 3.8) is 0 Å². The van der Waals surface area contributed by atoms with Gasteiger partial charge in [0.25, 0.3) is 0 Å². The maximum Gasteiger partial charge on any atom is 0.319 e. The van der Waals surface area contributed by atoms with E-state index in [4.69, 9.17) is 5.73 Å². The lowest BCUT2D eigenvalue weighted by Crippen LogP contribution is -2.37. The summed E-state index contributed by atoms with van der Waals surface area (Å²) in [5.41, 5.74) is 5.60. The van der Waals surface area contributed by atoms with Crippen molar-refractivity contribution in [2.45, 2.75) is 13.0 Å². The molecule has 15 heavy (non-hydrogen) atoms. The molecule has 0 aliphatic heterocycles. The van der Waals surface area contributed by atoms with E-state index in [9.17, 15) is 9.18 Å². The van der Waals surface area contributed by atoms with Crippen LogP contribution >= 0.6 is 0 Å². The Morgan fingerprint density at radius 3 is 2.80 bits per heavy atom. The van der Waals surface area contributed by atoms with Gasteiger partial charge in [0.15, 0.2) is 0 Å². The quantitative estimate of drug-likeness (QED) is 0.705. The summed E-state index contributed by atoms with van der Waals surface area (Å²) in [5.74, 6) is -0.464. The molecule has 0 aliphatic rings. The lowest BCUT2D eigenvalue weighted by atomic mass is 10.3. The number of carbonyl (C=O) groups excluding carboxylic acids is 1. The van der Waals surface area contributed by atoms with Crippen LogP contribution in [0.4, 0.5) is 14.9 Å². The van der Waals surface area contributed by atoms with Crippen molar-refractivity contribution in [1.29, 1.82) is 0 Å². The van der Waals surface area contributed by atoms with Crippen molar-refractivity contribution in [1.82, 2.24) is 5.32 Å². The molecule has 1 atom stereocenters. The maximum atomic E-state index is 13.1. The molecule has 0 spiro atoms. The zero-order valence-electron chi connectivity index (χ0n) is 8.46. The number of halogens is 1. The predicted octanol–water partition coefficient (Wildman–Crippen LogP) is 1.29. The van der Waals surface area contributed by atoms with Crippen molar-refractivity contribution in [2.24, 2.45) is 5.73 Å². The summed E-state index contributed by atoms with van der Waals surface area (Å²) in [6, 6.07) is 5.38. The van der Waals surface area contributed by atoms with E-state index in [0.717, 1.165) is 0 Å². The average molecular weight is 211 g/mol. The van der Waals surface area contributed by atoms with Crippen molar-refractivity contribution in [3.8, 4) is 0 Å². The van der Waals surface area contributed by atoms with E-state index in [1.165, 1.54) is 12.1 Å². The van der Waals surface area contributed by atoms with Crippen molar-refractivity contribution >= 4 is 11.7 Å². The van der Waals surface area contributed by atoms with Crippen LogP contribution in [0.5, 0.6) is 0 Å². The van der Waals surface area contributed by atoms with E-state index in [-0.39, 0.29) is 11.7 Å². The second-order valence-corrected chi connectivity index (χ2v) is 3.29. The third-order valence-corrected chi connectivity index (χ3v) is 1.71. The Bertz CT molecular complexity index is 341. The van der Waals surface area contributed by atoms with Crippen molar-refractivity contribution < 1.29 is 9.18 Å². The number of carbonyl (C=O) groups is 1. The molecule has 1 unspecified atom stereocenters. The van der Waals surface area contributed by atoms with Gasteiger partial charge in [-0.15, -0.1) is 0 Å². The van der Waals surface area contributed by atoms with Gasteiger partial charge in [-0.05, 0) is 19.1 Å². The third kappa shape index (κ3) is 3.95. The Kier molecular flexibility index (Phi) is 4.05. The molecule has 0 fully saturated rings. The fourth-order valence-electron chi connectivity index (χ4n) is 0.983. The molecule has 1 aromatic rings. The van der Waals surface area contributed by atoms with Crippen LogP contribution in [-0.2, 0) is 0 Å². The Morgan fingerprint density at radius 2 is 2.20 bits per heavy atom. The zero-order chi connectivity index (χ0) is 11.3. The first-order chi connectivity index (χ1) is 7.09. The molecular weight excluding hydrogens is 197 g/mol. The normalized spacial score (nSPS) is 11.9. The number of para-hydroxylation sites is 1. The molecule has 0 heterocycles. The number of nitrogens with one attached hydrogen (secondary N) is 2. The Balaban J connectivity index is 2.48. The van der Waals surface area contributed by atoms with Crippen LogP contribution in [0.15, 0.2) is 24.3 Å². The molecule has 0 bridgehead atoms. The first kappa shape index (κ1) is 11.5. The fraction of sp³-hybridized carbons (Fsp3) is 0.300. The van der Waals surface area contributed by atoms with Gasteiger partial charge in [0.05, 0.1) is 5.69 Å². The Labute approximate surface area is 87.7 Å². The minimum Gasteiger partial charge on any atom is -0.336 e. The SMILES string of the molecule is CC(N)CNC(=O)Nc1ccccc1F. The van der Waals surface area contributed by atoms with Gasteiger partial charge in [-0.25, -0.2) is 9.18 Å². The van der Waals surface area contributed by atoms with E-state index in [1.807, 2.05) is 0 Å². The molecule has 0 aromatic heterocycles. The second kappa shape index (κ2) is 5.31. The summed E-state index contributed by atoms with van der Waals surface area (Å²) in [4.78, 5) is 11.2. The summed E-state index contributed by atoms with van der Waals surface area (Å²) in [6.07, 6.45) is 0. The third-order valence-electron chi connectivity index (χ3n) is 1.71. The Hall–Kier alpha value is -1.62. The highest BCUT2D eigenvalue weighted by atomic mass is 19.1. The van der Waals surface area contributed by atoms with Crippen LogP contribution in [0.2, 0.25) is 0 Å². The van der Waals surface area contributed by atoms with Gasteiger partial charge < -0.3 is 16.4 Å². The first-order valence-electron chi connectivity index (χ1n) is 4.64. The average Bonchev–Trinajstić information content (AvgIpc) is 2.18. The highest BCUT2D eigenvalue weighted by Gasteiger charge is 2.05. The number of urea groups is 1. The number of rotatable bonds is 3. The minimum absolute atomic E-state index is 0.128. The van der Waals surface area contributed by atoms with Gasteiger partial charge in [-0.1, -0.05) is 12.1 Å². The smallest absolute Gasteiger partial charge is 0.319 e. The molecule has 4 nitrogen and oxygen atoms in total. The number of amides is 2. The number of hydrogen-bond donors (Lipinski definition) is 3. The van der Waals surface area contributed by atoms with Gasteiger partial charge in [-0.2, -0.15) is 0 Å². The molecule has 5 heteroatoms. The predicted molar refractivity (Wildman–Crippen MR) is 57.1 cm³/mol. The summed E-state index contributed by atoms with van der Waals surface area (Å²) < 4.78 is 13.1. The monoisotopic (exact) mass is 211 g/mol. The van der Waals surface area contributed by atoms with Crippen LogP contribution in [-0.4, -0.2) is 18.6 Å². The van der Waals surface area contributed by atoms with Gasteiger partial charge >= 0.3 is 6.03 Å². The number of anilines is 1. The standard InChI is InChI=1S/C10H14FN3O/c1-7(12)6-13-10(15)14-9-5-3-2-4-8(9)11/h2-5,7H,6,12H2,1H3,(H2,13,14,15). The van der Waals surface area contributed by atoms with Gasteiger partial charge in [0.2, 0.25) is 0 Å². The lowest BCUT2D eigenvalue weighted by Gasteiger charge is -2.09. The van der Waals surface area contributed by atoms with Gasteiger partial charge in [-0.3, -0.25) is 0 Å². The van der Waals surface area contributed by atoms with E-state index in [1.54, 1.807) is 19.1 Å². The summed E-state index contributed by atoms with van der Waals surface area (Å²) in [6.45, 7) is 2.11. The number of benzene rings is 1. The molecule has 0 saturated carbocycles. The highest BCUT2D eigenvalue weighted by Crippen LogP contribution is 2.11. The van der Waals surface area contributed by atoms with Gasteiger partial charge in [0.1, 0.15) is 5.82 Å². The number of nitrogens with two attached hydrogens (primary N) is 1. The summed E-state index contributed by atoms with van der Waals surface area (Å²) >= 11 is 0. The molecule has 0 aliphatic carbocycles. The molecule has 4 N–H and O–H groups in total. The largest absolute Gasteiger partial charge is 0.336 e. The molecule has 0 saturated heterocycles. The minimum atomic E-state index is -0.464. The maximum absolute atomic E-state index is 13.1. The van der Waals surface area contributed by atoms with Crippen LogP contribution in [0.1, 0.15) is 6.92 Å². The fourth-order valence-corrected chi connectivity index (χ4v) is 0.983. The molecule has 1 rings (SSSR count).